The van der Waals surface area contributed by atoms with Crippen LogP contribution in [-0.4, -0.2) is 71.7 Å². The minimum absolute atomic E-state index is 0.0133. The van der Waals surface area contributed by atoms with E-state index in [1.54, 1.807) is 35.2 Å². The van der Waals surface area contributed by atoms with Crippen molar-refractivity contribution in [3.05, 3.63) is 68.7 Å². The van der Waals surface area contributed by atoms with Crippen molar-refractivity contribution in [1.29, 1.82) is 0 Å². The number of carbonyl (C=O) groups is 3. The smallest absolute Gasteiger partial charge is 0.247 e. The molecule has 1 heterocycles. The number of benzene rings is 2. The maximum Gasteiger partial charge on any atom is 0.247 e. The third-order valence-corrected chi connectivity index (χ3v) is 10.4. The first-order valence-electron chi connectivity index (χ1n) is 15.1. The van der Waals surface area contributed by atoms with E-state index in [1.165, 1.54) is 19.6 Å². The normalized spacial score (nSPS) is 28.0. The van der Waals surface area contributed by atoms with Crippen LogP contribution < -0.4 is 14.8 Å². The molecule has 0 saturated heterocycles. The van der Waals surface area contributed by atoms with Gasteiger partial charge in [-0.3, -0.25) is 14.4 Å². The van der Waals surface area contributed by atoms with E-state index in [4.69, 9.17) is 32.7 Å². The van der Waals surface area contributed by atoms with E-state index in [-0.39, 0.29) is 37.1 Å². The fraction of sp³-hybridized carbons (Fsp3) is 0.485. The molecule has 2 saturated carbocycles. The third-order valence-electron chi connectivity index (χ3n) is 9.77. The summed E-state index contributed by atoms with van der Waals surface area (Å²) >= 11 is 12.7. The Bertz CT molecular complexity index is 1500. The van der Waals surface area contributed by atoms with Gasteiger partial charge in [0.1, 0.15) is 18.5 Å². The number of nitrogens with one attached hydrogen (secondary N) is 1. The van der Waals surface area contributed by atoms with Crippen LogP contribution in [0.2, 0.25) is 10.0 Å². The number of fused-ring (bicyclic) bond motifs is 5. The first kappa shape index (κ1) is 30.9. The summed E-state index contributed by atoms with van der Waals surface area (Å²) in [6.07, 6.45) is 4.97. The summed E-state index contributed by atoms with van der Waals surface area (Å²) in [6, 6.07) is 7.30. The molecule has 11 heteroatoms. The standard InChI is InChI=1S/C33H36Cl2N2O7/c1-43-27-11-18(16-39)10-23-29-24(33(42)36-6-7-38)14-26(30(41)32(29)44-31(23)27)37(15-20-4-5-22(34)13-25(20)35)28(40)12-21-9-17-2-3-19(21)8-17/h4-5,10-11,13-14,16-17,19,21,26,29-30,32,38,41H,2-3,6-9,12,15H2,1H3,(H,36,42). The molecule has 1 aliphatic heterocycles. The molecule has 9 nitrogen and oxygen atoms in total. The monoisotopic (exact) mass is 642 g/mol. The second kappa shape index (κ2) is 12.7. The van der Waals surface area contributed by atoms with Crippen molar-refractivity contribution in [2.75, 3.05) is 20.3 Å². The van der Waals surface area contributed by atoms with Gasteiger partial charge in [0.2, 0.25) is 11.8 Å². The van der Waals surface area contributed by atoms with Gasteiger partial charge in [-0.25, -0.2) is 0 Å². The SMILES string of the molecule is COc1cc(C=O)cc2c1OC1C2C(C(=O)NCCO)=CC(N(Cc2ccc(Cl)cc2Cl)C(=O)CC2CC3CCC2C3)C1O. The van der Waals surface area contributed by atoms with Gasteiger partial charge in [0.05, 0.1) is 25.7 Å². The Morgan fingerprint density at radius 1 is 1.18 bits per heavy atom. The Hall–Kier alpha value is -3.11. The maximum absolute atomic E-state index is 14.2. The van der Waals surface area contributed by atoms with Gasteiger partial charge in [-0.05, 0) is 72.9 Å². The highest BCUT2D eigenvalue weighted by Gasteiger charge is 2.52. The third kappa shape index (κ3) is 5.71. The highest BCUT2D eigenvalue weighted by atomic mass is 35.5. The summed E-state index contributed by atoms with van der Waals surface area (Å²) in [7, 11) is 1.45. The van der Waals surface area contributed by atoms with Crippen LogP contribution in [0.25, 0.3) is 0 Å². The van der Waals surface area contributed by atoms with Crippen LogP contribution in [-0.2, 0) is 16.1 Å². The molecule has 0 radical (unpaired) electrons. The second-order valence-corrected chi connectivity index (χ2v) is 13.1. The van der Waals surface area contributed by atoms with Gasteiger partial charge in [-0.2, -0.15) is 0 Å². The summed E-state index contributed by atoms with van der Waals surface area (Å²) in [6.45, 7) is -0.166. The fourth-order valence-corrected chi connectivity index (χ4v) is 8.19. The van der Waals surface area contributed by atoms with Gasteiger partial charge in [0, 0.05) is 46.3 Å². The van der Waals surface area contributed by atoms with Crippen LogP contribution in [0.15, 0.2) is 42.0 Å². The molecule has 3 N–H and O–H groups in total. The number of methoxy groups -OCH3 is 1. The summed E-state index contributed by atoms with van der Waals surface area (Å²) in [5.74, 6) is 0.730. The summed E-state index contributed by atoms with van der Waals surface area (Å²) in [5.41, 5.74) is 1.78. The van der Waals surface area contributed by atoms with Gasteiger partial charge in [-0.1, -0.05) is 35.7 Å². The van der Waals surface area contributed by atoms with Gasteiger partial charge >= 0.3 is 0 Å². The average Bonchev–Trinajstić information content (AvgIpc) is 3.74. The molecule has 7 atom stereocenters. The summed E-state index contributed by atoms with van der Waals surface area (Å²) < 4.78 is 11.8. The molecule has 2 aromatic carbocycles. The number of aliphatic hydroxyl groups is 2. The van der Waals surface area contributed by atoms with E-state index in [9.17, 15) is 24.6 Å². The highest BCUT2D eigenvalue weighted by Crippen LogP contribution is 2.52. The first-order chi connectivity index (χ1) is 21.2. The van der Waals surface area contributed by atoms with E-state index in [0.717, 1.165) is 19.3 Å². The van der Waals surface area contributed by atoms with Gasteiger partial charge < -0.3 is 29.9 Å². The molecule has 234 valence electrons. The largest absolute Gasteiger partial charge is 0.493 e. The van der Waals surface area contributed by atoms with Gasteiger partial charge in [0.25, 0.3) is 0 Å². The van der Waals surface area contributed by atoms with Crippen LogP contribution >= 0.6 is 23.2 Å². The molecule has 6 rings (SSSR count). The van der Waals surface area contributed by atoms with Gasteiger partial charge in [-0.15, -0.1) is 0 Å². The molecular formula is C33H36Cl2N2O7. The zero-order valence-electron chi connectivity index (χ0n) is 24.4. The number of hydrogen-bond donors (Lipinski definition) is 3. The Labute approximate surface area is 266 Å². The molecule has 2 bridgehead atoms. The van der Waals surface area contributed by atoms with Crippen LogP contribution in [0.4, 0.5) is 0 Å². The predicted octanol–water partition coefficient (Wildman–Crippen LogP) is 4.29. The Morgan fingerprint density at radius 3 is 2.66 bits per heavy atom. The number of aliphatic hydroxyl groups excluding tert-OH is 2. The lowest BCUT2D eigenvalue weighted by molar-refractivity contribution is -0.139. The molecule has 3 aliphatic carbocycles. The van der Waals surface area contributed by atoms with E-state index in [0.29, 0.717) is 62.8 Å². The molecule has 4 aliphatic rings. The molecule has 7 unspecified atom stereocenters. The minimum atomic E-state index is -1.23. The lowest BCUT2D eigenvalue weighted by atomic mass is 9.77. The Morgan fingerprint density at radius 2 is 2.00 bits per heavy atom. The van der Waals surface area contributed by atoms with Crippen LogP contribution in [0.1, 0.15) is 59.5 Å². The number of aldehydes is 1. The lowest BCUT2D eigenvalue weighted by Crippen LogP contribution is -2.55. The Balaban J connectivity index is 1.41. The van der Waals surface area contributed by atoms with Crippen molar-refractivity contribution in [1.82, 2.24) is 10.2 Å². The van der Waals surface area contributed by atoms with Gasteiger partial charge in [0.15, 0.2) is 11.5 Å². The van der Waals surface area contributed by atoms with E-state index in [1.807, 2.05) is 0 Å². The molecule has 0 aromatic heterocycles. The number of hydrogen-bond acceptors (Lipinski definition) is 7. The van der Waals surface area contributed by atoms with Crippen molar-refractivity contribution in [3.8, 4) is 11.5 Å². The van der Waals surface area contributed by atoms with Crippen molar-refractivity contribution < 1.29 is 34.1 Å². The summed E-state index contributed by atoms with van der Waals surface area (Å²) in [4.78, 5) is 41.2. The molecule has 0 spiro atoms. The number of rotatable bonds is 10. The van der Waals surface area contributed by atoms with Crippen molar-refractivity contribution in [3.63, 3.8) is 0 Å². The number of carbonyl (C=O) groups excluding carboxylic acids is 3. The van der Waals surface area contributed by atoms with Crippen molar-refractivity contribution in [2.24, 2.45) is 17.8 Å². The minimum Gasteiger partial charge on any atom is -0.493 e. The average molecular weight is 644 g/mol. The van der Waals surface area contributed by atoms with Crippen LogP contribution in [0.5, 0.6) is 11.5 Å². The summed E-state index contributed by atoms with van der Waals surface area (Å²) in [5, 5.41) is 24.9. The number of ether oxygens (including phenoxy) is 2. The number of nitrogens with zero attached hydrogens (tertiary/aromatic N) is 1. The highest BCUT2D eigenvalue weighted by molar-refractivity contribution is 6.35. The zero-order valence-corrected chi connectivity index (χ0v) is 25.9. The molecule has 44 heavy (non-hydrogen) atoms. The van der Waals surface area contributed by atoms with Crippen LogP contribution in [0.3, 0.4) is 0 Å². The molecule has 2 amide bonds. The Kier molecular flexibility index (Phi) is 8.93. The molecule has 2 aromatic rings. The number of halogens is 2. The molecule has 2 fully saturated rings. The number of amides is 2. The first-order valence-corrected chi connectivity index (χ1v) is 15.8. The van der Waals surface area contributed by atoms with Crippen molar-refractivity contribution in [2.45, 2.75) is 62.8 Å². The van der Waals surface area contributed by atoms with Crippen LogP contribution in [0, 0.1) is 17.8 Å². The predicted molar refractivity (Wildman–Crippen MR) is 164 cm³/mol. The fourth-order valence-electron chi connectivity index (χ4n) is 7.72. The quantitative estimate of drug-likeness (QED) is 0.330. The maximum atomic E-state index is 14.2. The zero-order chi connectivity index (χ0) is 31.1. The van der Waals surface area contributed by atoms with E-state index in [2.05, 4.69) is 5.32 Å². The van der Waals surface area contributed by atoms with E-state index < -0.39 is 30.1 Å². The second-order valence-electron chi connectivity index (χ2n) is 12.3. The topological polar surface area (TPSA) is 125 Å². The molecular weight excluding hydrogens is 607 g/mol. The van der Waals surface area contributed by atoms with Crippen molar-refractivity contribution >= 4 is 41.3 Å². The van der Waals surface area contributed by atoms with E-state index >= 15 is 0 Å². The lowest BCUT2D eigenvalue weighted by Gasteiger charge is -2.41.